The number of tetrazole rings is 1. The maximum atomic E-state index is 13.1. The highest BCUT2D eigenvalue weighted by Gasteiger charge is 2.34. The zero-order chi connectivity index (χ0) is 26.6. The van der Waals surface area contributed by atoms with Crippen molar-refractivity contribution in [2.75, 3.05) is 31.1 Å². The lowest BCUT2D eigenvalue weighted by Crippen LogP contribution is -2.37. The number of hydrogen-bond donors (Lipinski definition) is 5. The normalized spacial score (nSPS) is 16.2. The Morgan fingerprint density at radius 1 is 1.22 bits per heavy atom. The van der Waals surface area contributed by atoms with Crippen LogP contribution in [0.4, 0.5) is 5.69 Å². The largest absolute Gasteiger partial charge is 0.390 e. The third-order valence-corrected chi connectivity index (χ3v) is 8.89. The van der Waals surface area contributed by atoms with Crippen LogP contribution >= 0.6 is 0 Å². The van der Waals surface area contributed by atoms with E-state index in [4.69, 9.17) is 10.9 Å². The molecular weight excluding hydrogens is 524 g/mol. The van der Waals surface area contributed by atoms with Crippen molar-refractivity contribution < 1.29 is 21.9 Å². The van der Waals surface area contributed by atoms with Gasteiger partial charge in [-0.25, -0.2) is 26.7 Å². The molecule has 202 valence electrons. The van der Waals surface area contributed by atoms with Crippen LogP contribution in [0.1, 0.15) is 19.3 Å². The number of aryl methyl sites for hydroxylation is 1. The molecule has 1 aromatic carbocycles. The van der Waals surface area contributed by atoms with Gasteiger partial charge in [-0.15, -0.1) is 10.2 Å². The van der Waals surface area contributed by atoms with Crippen LogP contribution in [0.2, 0.25) is 0 Å². The maximum absolute atomic E-state index is 13.1. The number of hydrogen-bond acceptors (Lipinski definition) is 11. The summed E-state index contributed by atoms with van der Waals surface area (Å²) in [5, 5.41) is 33.1. The summed E-state index contributed by atoms with van der Waals surface area (Å²) in [5.74, 6) is 0.337. The molecule has 15 nitrogen and oxygen atoms in total. The Morgan fingerprint density at radius 3 is 2.57 bits per heavy atom. The molecule has 0 bridgehead atoms. The highest BCUT2D eigenvalue weighted by Crippen LogP contribution is 2.39. The van der Waals surface area contributed by atoms with Crippen molar-refractivity contribution >= 4 is 25.7 Å². The van der Waals surface area contributed by atoms with Gasteiger partial charge in [0.05, 0.1) is 11.7 Å². The smallest absolute Gasteiger partial charge is 0.242 e. The summed E-state index contributed by atoms with van der Waals surface area (Å²) < 4.78 is 55.8. The highest BCUT2D eigenvalue weighted by atomic mass is 32.2. The monoisotopic (exact) mass is 554 g/mol. The van der Waals surface area contributed by atoms with Crippen molar-refractivity contribution in [1.82, 2.24) is 35.1 Å². The average Bonchev–Trinajstić information content (AvgIpc) is 3.60. The first-order valence-electron chi connectivity index (χ1n) is 11.6. The average molecular weight is 555 g/mol. The molecule has 3 aromatic rings. The van der Waals surface area contributed by atoms with Crippen LogP contribution in [0, 0.1) is 5.92 Å². The summed E-state index contributed by atoms with van der Waals surface area (Å²) in [6.45, 7) is 1.42. The van der Waals surface area contributed by atoms with Crippen LogP contribution in [0.25, 0.3) is 11.4 Å². The first-order valence-corrected chi connectivity index (χ1v) is 14.7. The molecule has 1 saturated heterocycles. The van der Waals surface area contributed by atoms with Gasteiger partial charge in [0.25, 0.3) is 0 Å². The Balaban J connectivity index is 1.68. The van der Waals surface area contributed by atoms with Crippen LogP contribution in [0.5, 0.6) is 0 Å². The zero-order valence-electron chi connectivity index (χ0n) is 19.9. The van der Waals surface area contributed by atoms with Gasteiger partial charge in [0.2, 0.25) is 25.9 Å². The second-order valence-corrected chi connectivity index (χ2v) is 12.0. The third kappa shape index (κ3) is 6.31. The van der Waals surface area contributed by atoms with Crippen molar-refractivity contribution in [3.8, 4) is 11.4 Å². The predicted octanol–water partition coefficient (Wildman–Crippen LogP) is -1.38. The molecule has 2 aromatic heterocycles. The van der Waals surface area contributed by atoms with Gasteiger partial charge in [-0.3, -0.25) is 4.68 Å². The first-order chi connectivity index (χ1) is 17.6. The van der Waals surface area contributed by atoms with Gasteiger partial charge in [0.1, 0.15) is 9.79 Å². The number of aromatic nitrogens is 6. The number of H-pyrrole nitrogens is 1. The number of nitrogens with two attached hydrogens (primary N) is 2. The molecule has 1 aliphatic rings. The Labute approximate surface area is 214 Å². The van der Waals surface area contributed by atoms with Crippen molar-refractivity contribution in [2.24, 2.45) is 16.8 Å². The lowest BCUT2D eigenvalue weighted by molar-refractivity contribution is 0.186. The Hall–Kier alpha value is -2.96. The van der Waals surface area contributed by atoms with Crippen molar-refractivity contribution in [3.63, 3.8) is 0 Å². The van der Waals surface area contributed by atoms with E-state index in [-0.39, 0.29) is 17.9 Å². The minimum absolute atomic E-state index is 0.0616. The van der Waals surface area contributed by atoms with Gasteiger partial charge in [-0.05, 0) is 48.6 Å². The van der Waals surface area contributed by atoms with E-state index in [1.165, 1.54) is 12.1 Å². The van der Waals surface area contributed by atoms with Gasteiger partial charge in [0, 0.05) is 50.8 Å². The summed E-state index contributed by atoms with van der Waals surface area (Å²) in [6, 6.07) is 4.57. The molecule has 3 heterocycles. The van der Waals surface area contributed by atoms with Crippen molar-refractivity contribution in [3.05, 3.63) is 30.6 Å². The van der Waals surface area contributed by atoms with E-state index in [2.05, 4.69) is 30.4 Å². The number of sulfonamides is 2. The number of aliphatic hydroxyl groups is 1. The summed E-state index contributed by atoms with van der Waals surface area (Å²) in [7, 11) is -9.00. The molecule has 1 fully saturated rings. The molecule has 37 heavy (non-hydrogen) atoms. The van der Waals surface area contributed by atoms with E-state index in [1.807, 2.05) is 21.8 Å². The van der Waals surface area contributed by atoms with Crippen LogP contribution in [-0.2, 0) is 26.6 Å². The van der Waals surface area contributed by atoms with Crippen LogP contribution in [0.3, 0.4) is 0 Å². The maximum Gasteiger partial charge on any atom is 0.242 e. The number of anilines is 1. The van der Waals surface area contributed by atoms with Crippen LogP contribution < -0.4 is 20.5 Å². The number of benzene rings is 1. The standard InChI is InChI=1S/C20H30N10O5S2/c21-12-15(31)13-24-37(34,35)17-3-2-16(18(19(17)36(22,32)33)20-25-27-28-26-20)29-9-4-14(5-10-29)6-11-30-8-1-7-23-30/h1-3,7-8,14-15,24,31H,4-6,9-13,21H2,(H2,22,32,33)(H,25,26,27,28)/t15-/m1/s1. The fourth-order valence-electron chi connectivity index (χ4n) is 4.37. The van der Waals surface area contributed by atoms with E-state index in [0.717, 1.165) is 25.8 Å². The number of nitrogens with one attached hydrogen (secondary N) is 2. The summed E-state index contributed by atoms with van der Waals surface area (Å²) >= 11 is 0. The van der Waals surface area contributed by atoms with Crippen molar-refractivity contribution in [1.29, 1.82) is 0 Å². The van der Waals surface area contributed by atoms with Gasteiger partial charge < -0.3 is 15.7 Å². The molecular formula is C20H30N10O5S2. The number of rotatable bonds is 11. The Morgan fingerprint density at radius 2 is 1.97 bits per heavy atom. The lowest BCUT2D eigenvalue weighted by atomic mass is 9.93. The number of aliphatic hydroxyl groups excluding tert-OH is 1. The molecule has 0 amide bonds. The second kappa shape index (κ2) is 11.2. The minimum Gasteiger partial charge on any atom is -0.390 e. The van der Waals surface area contributed by atoms with E-state index >= 15 is 0 Å². The third-order valence-electron chi connectivity index (χ3n) is 6.30. The molecule has 0 unspecified atom stereocenters. The molecule has 0 saturated carbocycles. The summed E-state index contributed by atoms with van der Waals surface area (Å²) in [6.07, 6.45) is 5.14. The zero-order valence-corrected chi connectivity index (χ0v) is 21.6. The molecule has 0 aliphatic carbocycles. The lowest BCUT2D eigenvalue weighted by Gasteiger charge is -2.35. The van der Waals surface area contributed by atoms with Crippen LogP contribution in [0.15, 0.2) is 40.4 Å². The number of aromatic amines is 1. The molecule has 1 atom stereocenters. The van der Waals surface area contributed by atoms with E-state index < -0.39 is 42.5 Å². The number of nitrogens with zero attached hydrogens (tertiary/aromatic N) is 6. The van der Waals surface area contributed by atoms with Gasteiger partial charge in [-0.2, -0.15) is 10.3 Å². The molecule has 17 heteroatoms. The van der Waals surface area contributed by atoms with E-state index in [1.54, 1.807) is 6.20 Å². The minimum atomic E-state index is -4.59. The molecule has 0 spiro atoms. The van der Waals surface area contributed by atoms with Crippen LogP contribution in [-0.4, -0.2) is 84.6 Å². The van der Waals surface area contributed by atoms with E-state index in [9.17, 15) is 21.9 Å². The highest BCUT2D eigenvalue weighted by molar-refractivity contribution is 7.92. The molecule has 1 aliphatic heterocycles. The predicted molar refractivity (Wildman–Crippen MR) is 133 cm³/mol. The fourth-order valence-corrected chi connectivity index (χ4v) is 7.04. The first kappa shape index (κ1) is 27.1. The summed E-state index contributed by atoms with van der Waals surface area (Å²) in [4.78, 5) is 0.728. The number of piperidine rings is 1. The Kier molecular flexibility index (Phi) is 8.20. The summed E-state index contributed by atoms with van der Waals surface area (Å²) in [5.41, 5.74) is 5.71. The topological polar surface area (TPSA) is 228 Å². The van der Waals surface area contributed by atoms with E-state index in [0.29, 0.717) is 24.7 Å². The molecule has 0 radical (unpaired) electrons. The van der Waals surface area contributed by atoms with Gasteiger partial charge >= 0.3 is 0 Å². The van der Waals surface area contributed by atoms with Gasteiger partial charge in [-0.1, -0.05) is 0 Å². The second-order valence-electron chi connectivity index (χ2n) is 8.80. The molecule has 7 N–H and O–H groups in total. The molecule has 4 rings (SSSR count). The number of primary sulfonamides is 1. The Bertz CT molecular complexity index is 1390. The van der Waals surface area contributed by atoms with Crippen molar-refractivity contribution in [2.45, 2.75) is 41.7 Å². The van der Waals surface area contributed by atoms with Gasteiger partial charge in [0.15, 0.2) is 0 Å². The quantitative estimate of drug-likeness (QED) is 0.185. The SMILES string of the molecule is NC[C@@H](O)CNS(=O)(=O)c1ccc(N2CCC(CCn3cccn3)CC2)c(-c2nn[nH]n2)c1S(N)(=O)=O. The fraction of sp³-hybridized carbons (Fsp3) is 0.500.